The summed E-state index contributed by atoms with van der Waals surface area (Å²) in [7, 11) is 0. The molecule has 0 aromatic heterocycles. The van der Waals surface area contributed by atoms with Crippen LogP contribution in [-0.4, -0.2) is 35.1 Å². The van der Waals surface area contributed by atoms with Crippen LogP contribution in [0.3, 0.4) is 0 Å². The molecule has 0 unspecified atom stereocenters. The summed E-state index contributed by atoms with van der Waals surface area (Å²) in [4.78, 5) is 14.3. The fourth-order valence-corrected chi connectivity index (χ4v) is 4.66. The van der Waals surface area contributed by atoms with Crippen LogP contribution in [0.5, 0.6) is 0 Å². The Bertz CT molecular complexity index is 578. The smallest absolute Gasteiger partial charge is 0.309 e. The zero-order valence-electron chi connectivity index (χ0n) is 14.7. The summed E-state index contributed by atoms with van der Waals surface area (Å²) in [6.07, 6.45) is 4.71. The van der Waals surface area contributed by atoms with Crippen LogP contribution in [-0.2, 0) is 4.79 Å². The summed E-state index contributed by atoms with van der Waals surface area (Å²) in [6, 6.07) is 7.29. The van der Waals surface area contributed by atoms with Gasteiger partial charge < -0.3 is 10.0 Å². The molecule has 1 N–H and O–H groups in total. The molecule has 132 valence electrons. The summed E-state index contributed by atoms with van der Waals surface area (Å²) in [6.45, 7) is 6.11. The summed E-state index contributed by atoms with van der Waals surface area (Å²) in [5, 5.41) is 9.71. The lowest BCUT2D eigenvalue weighted by Crippen LogP contribution is -2.42. The molecule has 1 aliphatic carbocycles. The van der Waals surface area contributed by atoms with E-state index in [4.69, 9.17) is 0 Å². The van der Waals surface area contributed by atoms with E-state index in [0.29, 0.717) is 12.0 Å². The number of rotatable bonds is 4. The second kappa shape index (κ2) is 6.83. The first-order valence-electron chi connectivity index (χ1n) is 9.15. The van der Waals surface area contributed by atoms with Crippen LogP contribution in [0, 0.1) is 17.2 Å². The molecule has 1 aromatic carbocycles. The second-order valence-electron chi connectivity index (χ2n) is 7.87. The largest absolute Gasteiger partial charge is 0.481 e. The first-order valence-corrected chi connectivity index (χ1v) is 9.15. The molecule has 2 aliphatic rings. The third-order valence-corrected chi connectivity index (χ3v) is 6.44. The molecule has 3 rings (SSSR count). The molecule has 0 bridgehead atoms. The van der Waals surface area contributed by atoms with Gasteiger partial charge in [0.1, 0.15) is 5.82 Å². The number of piperidine rings is 1. The van der Waals surface area contributed by atoms with E-state index in [-0.39, 0.29) is 11.7 Å². The predicted molar refractivity (Wildman–Crippen MR) is 92.5 cm³/mol. The highest BCUT2D eigenvalue weighted by molar-refractivity contribution is 5.75. The van der Waals surface area contributed by atoms with Crippen LogP contribution in [0.2, 0.25) is 0 Å². The van der Waals surface area contributed by atoms with Crippen LogP contribution < -0.4 is 0 Å². The molecule has 0 radical (unpaired) electrons. The van der Waals surface area contributed by atoms with Crippen LogP contribution >= 0.6 is 0 Å². The second-order valence-corrected chi connectivity index (χ2v) is 7.87. The van der Waals surface area contributed by atoms with Gasteiger partial charge in [0.15, 0.2) is 0 Å². The number of benzene rings is 1. The number of nitrogens with zero attached hydrogens (tertiary/aromatic N) is 1. The van der Waals surface area contributed by atoms with Crippen molar-refractivity contribution in [1.29, 1.82) is 0 Å². The molecule has 1 saturated carbocycles. The summed E-state index contributed by atoms with van der Waals surface area (Å²) >= 11 is 0. The number of likely N-dealkylation sites (tertiary alicyclic amines) is 1. The van der Waals surface area contributed by atoms with Crippen LogP contribution in [0.15, 0.2) is 24.3 Å². The first-order chi connectivity index (χ1) is 11.4. The number of hydrogen-bond donors (Lipinski definition) is 1. The predicted octanol–water partition coefficient (Wildman–Crippen LogP) is 4.28. The third-order valence-electron chi connectivity index (χ3n) is 6.44. The van der Waals surface area contributed by atoms with Crippen molar-refractivity contribution in [3.05, 3.63) is 35.6 Å². The number of aliphatic carboxylic acids is 1. The first kappa shape index (κ1) is 17.4. The molecule has 3 nitrogen and oxygen atoms in total. The van der Waals surface area contributed by atoms with E-state index < -0.39 is 11.4 Å². The SMILES string of the molecule is CC(C)[C@@]1(C(=O)O)CC[C@H](N2CCC(c3ccc(F)cc3)CC2)C1. The summed E-state index contributed by atoms with van der Waals surface area (Å²) in [5.74, 6) is -0.128. The summed E-state index contributed by atoms with van der Waals surface area (Å²) < 4.78 is 13.1. The Morgan fingerprint density at radius 1 is 1.21 bits per heavy atom. The maximum absolute atomic E-state index is 13.1. The monoisotopic (exact) mass is 333 g/mol. The van der Waals surface area contributed by atoms with Gasteiger partial charge in [0.2, 0.25) is 0 Å². The zero-order chi connectivity index (χ0) is 17.3. The van der Waals surface area contributed by atoms with Crippen LogP contribution in [0.25, 0.3) is 0 Å². The topological polar surface area (TPSA) is 40.5 Å². The van der Waals surface area contributed by atoms with Crippen molar-refractivity contribution in [3.8, 4) is 0 Å². The van der Waals surface area contributed by atoms with Gasteiger partial charge in [-0.25, -0.2) is 4.39 Å². The minimum atomic E-state index is -0.624. The van der Waals surface area contributed by atoms with Crippen molar-refractivity contribution in [2.45, 2.75) is 57.9 Å². The maximum atomic E-state index is 13.1. The minimum Gasteiger partial charge on any atom is -0.481 e. The molecule has 2 fully saturated rings. The van der Waals surface area contributed by atoms with E-state index in [2.05, 4.69) is 4.90 Å². The van der Waals surface area contributed by atoms with Crippen molar-refractivity contribution >= 4 is 5.97 Å². The number of carboxylic acids is 1. The molecule has 1 saturated heterocycles. The Hall–Kier alpha value is -1.42. The Balaban J connectivity index is 1.59. The lowest BCUT2D eigenvalue weighted by atomic mass is 9.75. The molecular weight excluding hydrogens is 305 g/mol. The molecule has 1 heterocycles. The van der Waals surface area contributed by atoms with Crippen LogP contribution in [0.1, 0.15) is 57.4 Å². The van der Waals surface area contributed by atoms with Gasteiger partial charge in [-0.2, -0.15) is 0 Å². The summed E-state index contributed by atoms with van der Waals surface area (Å²) in [5.41, 5.74) is 0.683. The van der Waals surface area contributed by atoms with Crippen molar-refractivity contribution in [2.24, 2.45) is 11.3 Å². The molecule has 2 atom stereocenters. The number of halogens is 1. The molecule has 4 heteroatoms. The third kappa shape index (κ3) is 3.21. The molecule has 1 aliphatic heterocycles. The Morgan fingerprint density at radius 3 is 2.33 bits per heavy atom. The highest BCUT2D eigenvalue weighted by Gasteiger charge is 2.49. The van der Waals surface area contributed by atoms with E-state index in [9.17, 15) is 14.3 Å². The lowest BCUT2D eigenvalue weighted by molar-refractivity contribution is -0.151. The fourth-order valence-electron chi connectivity index (χ4n) is 4.66. The number of hydrogen-bond acceptors (Lipinski definition) is 2. The minimum absolute atomic E-state index is 0.178. The van der Waals surface area contributed by atoms with Gasteiger partial charge in [0.25, 0.3) is 0 Å². The molecule has 24 heavy (non-hydrogen) atoms. The molecule has 0 spiro atoms. The fraction of sp³-hybridized carbons (Fsp3) is 0.650. The van der Waals surface area contributed by atoms with Crippen molar-refractivity contribution in [2.75, 3.05) is 13.1 Å². The van der Waals surface area contributed by atoms with Crippen molar-refractivity contribution < 1.29 is 14.3 Å². The average molecular weight is 333 g/mol. The van der Waals surface area contributed by atoms with Gasteiger partial charge in [-0.05, 0) is 74.7 Å². The van der Waals surface area contributed by atoms with Gasteiger partial charge in [0.05, 0.1) is 5.41 Å². The van der Waals surface area contributed by atoms with E-state index in [0.717, 1.165) is 45.2 Å². The van der Waals surface area contributed by atoms with Gasteiger partial charge >= 0.3 is 5.97 Å². The number of carbonyl (C=O) groups is 1. The highest BCUT2D eigenvalue weighted by Crippen LogP contribution is 2.47. The van der Waals surface area contributed by atoms with E-state index in [1.165, 1.54) is 5.56 Å². The zero-order valence-corrected chi connectivity index (χ0v) is 14.7. The molecule has 0 amide bonds. The highest BCUT2D eigenvalue weighted by atomic mass is 19.1. The van der Waals surface area contributed by atoms with Crippen LogP contribution in [0.4, 0.5) is 4.39 Å². The lowest BCUT2D eigenvalue weighted by Gasteiger charge is -2.37. The Kier molecular flexibility index (Phi) is 4.95. The van der Waals surface area contributed by atoms with Gasteiger partial charge in [-0.15, -0.1) is 0 Å². The van der Waals surface area contributed by atoms with Gasteiger partial charge in [0, 0.05) is 6.04 Å². The molecule has 1 aromatic rings. The molecular formula is C20H28FNO2. The van der Waals surface area contributed by atoms with Crippen molar-refractivity contribution in [3.63, 3.8) is 0 Å². The quantitative estimate of drug-likeness (QED) is 0.894. The normalized spacial score (nSPS) is 29.2. The van der Waals surface area contributed by atoms with Gasteiger partial charge in [-0.1, -0.05) is 26.0 Å². The maximum Gasteiger partial charge on any atom is 0.309 e. The Morgan fingerprint density at radius 2 is 1.83 bits per heavy atom. The standard InChI is InChI=1S/C20H28FNO2/c1-14(2)20(19(23)24)10-7-18(13-20)22-11-8-16(9-12-22)15-3-5-17(21)6-4-15/h3-6,14,16,18H,7-13H2,1-2H3,(H,23,24)/t18-,20+/m0/s1. The van der Waals surface area contributed by atoms with E-state index in [1.54, 1.807) is 12.1 Å². The van der Waals surface area contributed by atoms with E-state index in [1.807, 2.05) is 26.0 Å². The number of carboxylic acid groups (broad SMARTS) is 1. The van der Waals surface area contributed by atoms with Gasteiger partial charge in [-0.3, -0.25) is 4.79 Å². The Labute approximate surface area is 143 Å². The van der Waals surface area contributed by atoms with Crippen molar-refractivity contribution in [1.82, 2.24) is 4.90 Å². The average Bonchev–Trinajstić information content (AvgIpc) is 3.03. The van der Waals surface area contributed by atoms with E-state index >= 15 is 0 Å².